The fourth-order valence-corrected chi connectivity index (χ4v) is 2.41. The van der Waals surface area contributed by atoms with Gasteiger partial charge < -0.3 is 5.32 Å². The number of ketones is 1. The second kappa shape index (κ2) is 8.30. The molecule has 0 heterocycles. The molecule has 0 spiro atoms. The largest absolute Gasteiger partial charge is 0.305 e. The maximum atomic E-state index is 12.1. The highest BCUT2D eigenvalue weighted by atomic mass is 16.1. The maximum absolute atomic E-state index is 12.1. The van der Waals surface area contributed by atoms with E-state index >= 15 is 0 Å². The van der Waals surface area contributed by atoms with Crippen LogP contribution in [0.25, 0.3) is 0 Å². The molecule has 0 amide bonds. The normalized spacial score (nSPS) is 11.7. The number of allylic oxidation sites excluding steroid dienone is 2. The first kappa shape index (κ1) is 16.2. The van der Waals surface area contributed by atoms with Crippen LogP contribution in [0.15, 0.2) is 72.3 Å². The van der Waals surface area contributed by atoms with Crippen molar-refractivity contribution in [1.82, 2.24) is 5.32 Å². The Morgan fingerprint density at radius 2 is 1.59 bits per heavy atom. The molecule has 0 bridgehead atoms. The van der Waals surface area contributed by atoms with Crippen LogP contribution in [0.5, 0.6) is 0 Å². The van der Waals surface area contributed by atoms with Crippen LogP contribution in [0.2, 0.25) is 0 Å². The average Bonchev–Trinajstić information content (AvgIpc) is 2.52. The standard InChI is InChI=1S/C20H23NO/c1-16(2)13-19(22)14-20(18-11-7-4-8-12-18)21-15-17-9-5-3-6-10-17/h3-13,20-21H,14-15H2,1-2H3. The van der Waals surface area contributed by atoms with Crippen molar-refractivity contribution in [3.05, 3.63) is 83.4 Å². The molecular weight excluding hydrogens is 270 g/mol. The zero-order valence-electron chi connectivity index (χ0n) is 13.3. The SMILES string of the molecule is CC(C)=CC(=O)CC(NCc1ccccc1)c1ccccc1. The van der Waals surface area contributed by atoms with Crippen molar-refractivity contribution < 1.29 is 4.79 Å². The zero-order chi connectivity index (χ0) is 15.8. The zero-order valence-corrected chi connectivity index (χ0v) is 13.3. The Morgan fingerprint density at radius 3 is 2.18 bits per heavy atom. The van der Waals surface area contributed by atoms with Crippen molar-refractivity contribution in [3.8, 4) is 0 Å². The second-order valence-corrected chi connectivity index (χ2v) is 5.72. The van der Waals surface area contributed by atoms with Crippen molar-refractivity contribution in [2.45, 2.75) is 32.9 Å². The summed E-state index contributed by atoms with van der Waals surface area (Å²) in [7, 11) is 0. The number of hydrogen-bond donors (Lipinski definition) is 1. The van der Waals surface area contributed by atoms with E-state index in [9.17, 15) is 4.79 Å². The van der Waals surface area contributed by atoms with Gasteiger partial charge in [-0.15, -0.1) is 0 Å². The van der Waals surface area contributed by atoms with Gasteiger partial charge in [0.2, 0.25) is 0 Å². The third kappa shape index (κ3) is 5.30. The quantitative estimate of drug-likeness (QED) is 0.764. The highest BCUT2D eigenvalue weighted by Gasteiger charge is 2.14. The number of carbonyl (C=O) groups is 1. The Bertz CT molecular complexity index is 613. The summed E-state index contributed by atoms with van der Waals surface area (Å²) >= 11 is 0. The Labute approximate surface area is 132 Å². The summed E-state index contributed by atoms with van der Waals surface area (Å²) in [5.74, 6) is 0.161. The first-order valence-electron chi connectivity index (χ1n) is 7.65. The topological polar surface area (TPSA) is 29.1 Å². The highest BCUT2D eigenvalue weighted by Crippen LogP contribution is 2.18. The van der Waals surface area contributed by atoms with Crippen LogP contribution in [-0.2, 0) is 11.3 Å². The van der Waals surface area contributed by atoms with Crippen molar-refractivity contribution in [3.63, 3.8) is 0 Å². The second-order valence-electron chi connectivity index (χ2n) is 5.72. The van der Waals surface area contributed by atoms with E-state index in [0.717, 1.165) is 17.7 Å². The van der Waals surface area contributed by atoms with Gasteiger partial charge in [-0.2, -0.15) is 0 Å². The average molecular weight is 293 g/mol. The van der Waals surface area contributed by atoms with Gasteiger partial charge in [-0.05, 0) is 31.1 Å². The van der Waals surface area contributed by atoms with Crippen molar-refractivity contribution in [1.29, 1.82) is 0 Å². The summed E-state index contributed by atoms with van der Waals surface area (Å²) in [5, 5.41) is 3.51. The van der Waals surface area contributed by atoms with E-state index in [0.29, 0.717) is 6.42 Å². The molecule has 1 N–H and O–H groups in total. The summed E-state index contributed by atoms with van der Waals surface area (Å²) in [4.78, 5) is 12.1. The fraction of sp³-hybridized carbons (Fsp3) is 0.250. The van der Waals surface area contributed by atoms with E-state index in [4.69, 9.17) is 0 Å². The van der Waals surface area contributed by atoms with Gasteiger partial charge in [-0.1, -0.05) is 66.2 Å². The molecule has 0 aliphatic heterocycles. The van der Waals surface area contributed by atoms with Crippen LogP contribution >= 0.6 is 0 Å². The maximum Gasteiger partial charge on any atom is 0.157 e. The Kier molecular flexibility index (Phi) is 6.11. The molecule has 2 nitrogen and oxygen atoms in total. The van der Waals surface area contributed by atoms with Gasteiger partial charge in [-0.3, -0.25) is 4.79 Å². The lowest BCUT2D eigenvalue weighted by molar-refractivity contribution is -0.115. The summed E-state index contributed by atoms with van der Waals surface area (Å²) in [6, 6.07) is 20.4. The third-order valence-electron chi connectivity index (χ3n) is 3.45. The van der Waals surface area contributed by atoms with Crippen LogP contribution in [0, 0.1) is 0 Å². The summed E-state index contributed by atoms with van der Waals surface area (Å²) in [6.45, 7) is 4.65. The van der Waals surface area contributed by atoms with Crippen LogP contribution in [0.1, 0.15) is 37.4 Å². The lowest BCUT2D eigenvalue weighted by Crippen LogP contribution is -2.23. The number of carbonyl (C=O) groups excluding carboxylic acids is 1. The van der Waals surface area contributed by atoms with Gasteiger partial charge in [0.25, 0.3) is 0 Å². The van der Waals surface area contributed by atoms with Gasteiger partial charge in [0, 0.05) is 19.0 Å². The van der Waals surface area contributed by atoms with Crippen LogP contribution in [0.3, 0.4) is 0 Å². The summed E-state index contributed by atoms with van der Waals surface area (Å²) in [5.41, 5.74) is 3.41. The molecule has 0 saturated heterocycles. The molecule has 1 atom stereocenters. The Morgan fingerprint density at radius 1 is 1.00 bits per heavy atom. The van der Waals surface area contributed by atoms with E-state index < -0.39 is 0 Å². The summed E-state index contributed by atoms with van der Waals surface area (Å²) < 4.78 is 0. The van der Waals surface area contributed by atoms with Gasteiger partial charge in [0.15, 0.2) is 5.78 Å². The number of benzene rings is 2. The fourth-order valence-electron chi connectivity index (χ4n) is 2.41. The first-order chi connectivity index (χ1) is 10.6. The molecule has 114 valence electrons. The van der Waals surface area contributed by atoms with Crippen molar-refractivity contribution in [2.75, 3.05) is 0 Å². The molecule has 0 radical (unpaired) electrons. The molecular formula is C20H23NO. The lowest BCUT2D eigenvalue weighted by Gasteiger charge is -2.18. The third-order valence-corrected chi connectivity index (χ3v) is 3.45. The molecule has 2 aromatic carbocycles. The minimum Gasteiger partial charge on any atom is -0.305 e. The molecule has 0 fully saturated rings. The van der Waals surface area contributed by atoms with E-state index in [1.807, 2.05) is 50.2 Å². The van der Waals surface area contributed by atoms with Gasteiger partial charge in [-0.25, -0.2) is 0 Å². The molecule has 2 aromatic rings. The summed E-state index contributed by atoms with van der Waals surface area (Å²) in [6.07, 6.45) is 2.20. The van der Waals surface area contributed by atoms with Gasteiger partial charge in [0.1, 0.15) is 0 Å². The highest BCUT2D eigenvalue weighted by molar-refractivity contribution is 5.90. The Balaban J connectivity index is 2.08. The van der Waals surface area contributed by atoms with E-state index in [1.54, 1.807) is 6.08 Å². The molecule has 2 heteroatoms. The van der Waals surface area contributed by atoms with Gasteiger partial charge >= 0.3 is 0 Å². The smallest absolute Gasteiger partial charge is 0.157 e. The van der Waals surface area contributed by atoms with Crippen LogP contribution < -0.4 is 5.32 Å². The monoisotopic (exact) mass is 293 g/mol. The molecule has 0 aliphatic carbocycles. The predicted octanol–water partition coefficient (Wildman–Crippen LogP) is 4.44. The van der Waals surface area contributed by atoms with Crippen LogP contribution in [0.4, 0.5) is 0 Å². The van der Waals surface area contributed by atoms with Gasteiger partial charge in [0.05, 0.1) is 0 Å². The van der Waals surface area contributed by atoms with E-state index in [1.165, 1.54) is 5.56 Å². The minimum absolute atomic E-state index is 0.0320. The van der Waals surface area contributed by atoms with Crippen molar-refractivity contribution >= 4 is 5.78 Å². The number of hydrogen-bond acceptors (Lipinski definition) is 2. The van der Waals surface area contributed by atoms with E-state index in [-0.39, 0.29) is 11.8 Å². The molecule has 0 saturated carbocycles. The number of rotatable bonds is 7. The molecule has 0 aromatic heterocycles. The van der Waals surface area contributed by atoms with Crippen molar-refractivity contribution in [2.24, 2.45) is 0 Å². The molecule has 0 aliphatic rings. The Hall–Kier alpha value is -2.19. The molecule has 1 unspecified atom stereocenters. The van der Waals surface area contributed by atoms with E-state index in [2.05, 4.69) is 29.6 Å². The molecule has 2 rings (SSSR count). The predicted molar refractivity (Wildman–Crippen MR) is 91.5 cm³/mol. The molecule has 22 heavy (non-hydrogen) atoms. The van der Waals surface area contributed by atoms with Crippen LogP contribution in [-0.4, -0.2) is 5.78 Å². The lowest BCUT2D eigenvalue weighted by atomic mass is 10.00. The first-order valence-corrected chi connectivity index (χ1v) is 7.65. The number of nitrogens with one attached hydrogen (secondary N) is 1. The minimum atomic E-state index is 0.0320.